The van der Waals surface area contributed by atoms with Crippen molar-refractivity contribution in [2.45, 2.75) is 57.4 Å². The van der Waals surface area contributed by atoms with Crippen LogP contribution in [0.25, 0.3) is 11.3 Å². The topological polar surface area (TPSA) is 74.2 Å². The molecule has 0 bridgehead atoms. The standard InChI is InChI=1S/C36H41F3N7O/c1-26(47)46(33-13-20-41-21-14-33)23-16-32(17-24-46)45(25-27-3-9-30(10-4-27)44(2)31-11-18-40-19-12-31)35-42-22-15-34(43-35)28-5-7-29(8-6-28)36(37,38)39/h3-12,15,18-19,22,32-33,41H,13-14,16-17,20-21,23-25H2,1-2H3/q+1. The molecule has 6 rings (SSSR count). The van der Waals surface area contributed by atoms with E-state index in [2.05, 4.69) is 49.4 Å². The Morgan fingerprint density at radius 3 is 2.13 bits per heavy atom. The number of hydrogen-bond donors (Lipinski definition) is 1. The van der Waals surface area contributed by atoms with Crippen molar-refractivity contribution in [1.82, 2.24) is 20.3 Å². The van der Waals surface area contributed by atoms with E-state index in [-0.39, 0.29) is 11.9 Å². The predicted octanol–water partition coefficient (Wildman–Crippen LogP) is 6.61. The molecule has 2 aliphatic rings. The van der Waals surface area contributed by atoms with Gasteiger partial charge >= 0.3 is 12.1 Å². The van der Waals surface area contributed by atoms with Crippen molar-refractivity contribution >= 4 is 23.2 Å². The molecule has 8 nitrogen and oxygen atoms in total. The molecule has 2 saturated heterocycles. The molecule has 246 valence electrons. The summed E-state index contributed by atoms with van der Waals surface area (Å²) in [7, 11) is 2.02. The van der Waals surface area contributed by atoms with Crippen LogP contribution in [0, 0.1) is 0 Å². The van der Waals surface area contributed by atoms with Gasteiger partial charge < -0.3 is 15.1 Å². The number of amides is 1. The van der Waals surface area contributed by atoms with Crippen LogP contribution in [0.4, 0.5) is 30.5 Å². The predicted molar refractivity (Wildman–Crippen MR) is 177 cm³/mol. The Labute approximate surface area is 273 Å². The number of alkyl halides is 3. The quantitative estimate of drug-likeness (QED) is 0.217. The molecule has 2 fully saturated rings. The molecule has 0 saturated carbocycles. The van der Waals surface area contributed by atoms with Gasteiger partial charge in [0.1, 0.15) is 0 Å². The highest BCUT2D eigenvalue weighted by Gasteiger charge is 2.46. The van der Waals surface area contributed by atoms with Crippen LogP contribution in [0.3, 0.4) is 0 Å². The van der Waals surface area contributed by atoms with E-state index in [4.69, 9.17) is 4.98 Å². The van der Waals surface area contributed by atoms with Gasteiger partial charge in [-0.2, -0.15) is 13.2 Å². The fourth-order valence-electron chi connectivity index (χ4n) is 7.14. The molecule has 4 heterocycles. The molecule has 0 atom stereocenters. The SMILES string of the molecule is CC(=O)[N+]1(C2CCNCC2)CCC(N(Cc2ccc(N(C)c3ccncc3)cc2)c2nccc(-c3ccc(C(F)(F)F)cc3)n2)CC1. The van der Waals surface area contributed by atoms with Gasteiger partial charge in [-0.3, -0.25) is 9.47 Å². The summed E-state index contributed by atoms with van der Waals surface area (Å²) in [5.74, 6) is 0.756. The van der Waals surface area contributed by atoms with Crippen LogP contribution in [-0.4, -0.2) is 70.7 Å². The average Bonchev–Trinajstić information content (AvgIpc) is 3.11. The highest BCUT2D eigenvalue weighted by molar-refractivity contribution is 5.66. The highest BCUT2D eigenvalue weighted by atomic mass is 19.4. The number of nitrogens with one attached hydrogen (secondary N) is 1. The van der Waals surface area contributed by atoms with Crippen LogP contribution in [0.1, 0.15) is 43.7 Å². The Morgan fingerprint density at radius 1 is 0.872 bits per heavy atom. The first-order chi connectivity index (χ1) is 22.6. The van der Waals surface area contributed by atoms with Gasteiger partial charge in [0.2, 0.25) is 5.95 Å². The van der Waals surface area contributed by atoms with E-state index in [1.807, 2.05) is 19.2 Å². The fraction of sp³-hybridized carbons (Fsp3) is 0.389. The first kappa shape index (κ1) is 32.6. The van der Waals surface area contributed by atoms with Gasteiger partial charge in [0.25, 0.3) is 0 Å². The van der Waals surface area contributed by atoms with Gasteiger partial charge in [0.05, 0.1) is 37.3 Å². The van der Waals surface area contributed by atoms with E-state index in [0.29, 0.717) is 34.3 Å². The van der Waals surface area contributed by atoms with Gasteiger partial charge in [0.15, 0.2) is 0 Å². The van der Waals surface area contributed by atoms with Gasteiger partial charge in [-0.25, -0.2) is 14.8 Å². The molecule has 47 heavy (non-hydrogen) atoms. The smallest absolute Gasteiger partial charge is 0.345 e. The lowest BCUT2D eigenvalue weighted by Gasteiger charge is -2.49. The van der Waals surface area contributed by atoms with E-state index in [9.17, 15) is 18.0 Å². The van der Waals surface area contributed by atoms with Gasteiger partial charge in [-0.05, 0) is 48.0 Å². The molecule has 4 aromatic rings. The number of hydrogen-bond acceptors (Lipinski definition) is 7. The molecular weight excluding hydrogens is 603 g/mol. The summed E-state index contributed by atoms with van der Waals surface area (Å²) in [5, 5.41) is 3.43. The minimum atomic E-state index is -4.41. The molecule has 11 heteroatoms. The van der Waals surface area contributed by atoms with Crippen molar-refractivity contribution in [2.75, 3.05) is 43.0 Å². The number of quaternary nitrogens is 1. The number of likely N-dealkylation sites (tertiary alicyclic amines) is 1. The van der Waals surface area contributed by atoms with Crippen molar-refractivity contribution in [3.8, 4) is 11.3 Å². The summed E-state index contributed by atoms with van der Waals surface area (Å²) in [6.45, 7) is 5.68. The molecule has 0 radical (unpaired) electrons. The van der Waals surface area contributed by atoms with Gasteiger partial charge in [-0.15, -0.1) is 0 Å². The second-order valence-corrected chi connectivity index (χ2v) is 12.6. The summed E-state index contributed by atoms with van der Waals surface area (Å²) in [6, 6.07) is 19.5. The molecule has 1 N–H and O–H groups in total. The number of halogens is 3. The average molecular weight is 645 g/mol. The number of benzene rings is 2. The minimum absolute atomic E-state index is 0.0874. The number of rotatable bonds is 8. The summed E-state index contributed by atoms with van der Waals surface area (Å²) in [6.07, 6.45) is 4.40. The first-order valence-corrected chi connectivity index (χ1v) is 16.2. The largest absolute Gasteiger partial charge is 0.416 e. The number of aromatic nitrogens is 3. The monoisotopic (exact) mass is 644 g/mol. The Balaban J connectivity index is 1.28. The lowest BCUT2D eigenvalue weighted by atomic mass is 9.93. The van der Waals surface area contributed by atoms with Crippen LogP contribution in [0.15, 0.2) is 85.3 Å². The van der Waals surface area contributed by atoms with E-state index in [0.717, 1.165) is 80.9 Å². The number of pyridine rings is 1. The Morgan fingerprint density at radius 2 is 1.51 bits per heavy atom. The van der Waals surface area contributed by atoms with Crippen LogP contribution in [0.2, 0.25) is 0 Å². The van der Waals surface area contributed by atoms with Crippen molar-refractivity contribution in [3.63, 3.8) is 0 Å². The van der Waals surface area contributed by atoms with E-state index in [1.165, 1.54) is 12.1 Å². The van der Waals surface area contributed by atoms with Crippen LogP contribution in [-0.2, 0) is 17.5 Å². The van der Waals surface area contributed by atoms with Crippen LogP contribution in [0.5, 0.6) is 0 Å². The van der Waals surface area contributed by atoms with Crippen LogP contribution < -0.4 is 15.1 Å². The Hall–Kier alpha value is -4.35. The maximum Gasteiger partial charge on any atom is 0.416 e. The zero-order valence-corrected chi connectivity index (χ0v) is 26.8. The molecule has 0 spiro atoms. The normalized spacial score (nSPS) is 20.5. The molecule has 2 aliphatic heterocycles. The van der Waals surface area contributed by atoms with E-state index in [1.54, 1.807) is 31.6 Å². The van der Waals surface area contributed by atoms with Gasteiger partial charge in [0, 0.05) is 93.9 Å². The molecule has 2 aromatic heterocycles. The maximum absolute atomic E-state index is 13.2. The zero-order chi connectivity index (χ0) is 33.0. The third-order valence-electron chi connectivity index (χ3n) is 9.93. The summed E-state index contributed by atoms with van der Waals surface area (Å²) in [5.41, 5.74) is 3.60. The second kappa shape index (κ2) is 13.8. The summed E-state index contributed by atoms with van der Waals surface area (Å²) < 4.78 is 40.2. The van der Waals surface area contributed by atoms with E-state index < -0.39 is 11.7 Å². The lowest BCUT2D eigenvalue weighted by molar-refractivity contribution is -0.885. The number of anilines is 3. The van der Waals surface area contributed by atoms with Crippen molar-refractivity contribution in [3.05, 3.63) is 96.4 Å². The minimum Gasteiger partial charge on any atom is -0.345 e. The molecule has 0 unspecified atom stereocenters. The lowest BCUT2D eigenvalue weighted by Crippen LogP contribution is -2.65. The summed E-state index contributed by atoms with van der Waals surface area (Å²) >= 11 is 0. The Kier molecular flexibility index (Phi) is 9.56. The van der Waals surface area contributed by atoms with Crippen molar-refractivity contribution < 1.29 is 22.4 Å². The number of carbonyl (C=O) groups is 1. The highest BCUT2D eigenvalue weighted by Crippen LogP contribution is 2.34. The fourth-order valence-corrected chi connectivity index (χ4v) is 7.14. The maximum atomic E-state index is 13.2. The van der Waals surface area contributed by atoms with Crippen molar-refractivity contribution in [1.29, 1.82) is 0 Å². The van der Waals surface area contributed by atoms with Gasteiger partial charge in [-0.1, -0.05) is 24.3 Å². The molecule has 0 aliphatic carbocycles. The molecular formula is C36H41F3N7O+. The summed E-state index contributed by atoms with van der Waals surface area (Å²) in [4.78, 5) is 31.2. The first-order valence-electron chi connectivity index (χ1n) is 16.2. The Bertz CT molecular complexity index is 1630. The van der Waals surface area contributed by atoms with E-state index >= 15 is 0 Å². The van der Waals surface area contributed by atoms with Crippen molar-refractivity contribution in [2.24, 2.45) is 0 Å². The zero-order valence-electron chi connectivity index (χ0n) is 26.8. The molecule has 2 aromatic carbocycles. The number of nitrogens with zero attached hydrogens (tertiary/aromatic N) is 6. The second-order valence-electron chi connectivity index (χ2n) is 12.6. The number of carbonyl (C=O) groups excluding carboxylic acids is 1. The third kappa shape index (κ3) is 7.16. The number of piperidine rings is 2. The third-order valence-corrected chi connectivity index (χ3v) is 9.93. The van der Waals surface area contributed by atoms with Crippen LogP contribution >= 0.6 is 0 Å². The molecule has 1 amide bonds.